The van der Waals surface area contributed by atoms with Crippen LogP contribution in [-0.2, 0) is 17.8 Å². The lowest BCUT2D eigenvalue weighted by Crippen LogP contribution is -2.17. The van der Waals surface area contributed by atoms with Crippen molar-refractivity contribution in [2.75, 3.05) is 7.11 Å². The van der Waals surface area contributed by atoms with Gasteiger partial charge >= 0.3 is 0 Å². The number of amides is 1. The number of thiophene rings is 1. The summed E-state index contributed by atoms with van der Waals surface area (Å²) in [6.45, 7) is 2.00. The zero-order chi connectivity index (χ0) is 16.9. The summed E-state index contributed by atoms with van der Waals surface area (Å²) < 4.78 is 10.5. The average Bonchev–Trinajstić information content (AvgIpc) is 3.22. The number of hydrogen-bond donors (Lipinski definition) is 1. The van der Waals surface area contributed by atoms with Crippen molar-refractivity contribution in [3.8, 4) is 16.5 Å². The van der Waals surface area contributed by atoms with E-state index < -0.39 is 0 Å². The number of hydrogen-bond acceptors (Lipinski definition) is 6. The first kappa shape index (κ1) is 16.2. The van der Waals surface area contributed by atoms with Crippen molar-refractivity contribution in [1.29, 1.82) is 0 Å². The normalized spacial score (nSPS) is 10.6. The van der Waals surface area contributed by atoms with Gasteiger partial charge in [-0.25, -0.2) is 0 Å². The van der Waals surface area contributed by atoms with Crippen LogP contribution in [0.25, 0.3) is 10.8 Å². The Hall–Kier alpha value is -2.67. The molecule has 0 bridgehead atoms. The number of nitrogens with one attached hydrogen (secondary N) is 1. The van der Waals surface area contributed by atoms with Gasteiger partial charge in [0.15, 0.2) is 5.82 Å². The lowest BCUT2D eigenvalue weighted by atomic mass is 10.1. The number of nitrogens with zero attached hydrogens (tertiary/aromatic N) is 2. The lowest BCUT2D eigenvalue weighted by molar-refractivity contribution is -0.119. The van der Waals surface area contributed by atoms with Gasteiger partial charge in [0.1, 0.15) is 5.75 Å². The minimum absolute atomic E-state index is 0.0514. The van der Waals surface area contributed by atoms with E-state index in [0.717, 1.165) is 21.1 Å². The van der Waals surface area contributed by atoms with Crippen molar-refractivity contribution >= 4 is 17.2 Å². The molecular weight excluding hydrogens is 326 g/mol. The van der Waals surface area contributed by atoms with Gasteiger partial charge in [0.05, 0.1) is 18.5 Å². The molecule has 6 nitrogen and oxygen atoms in total. The van der Waals surface area contributed by atoms with Crippen molar-refractivity contribution in [3.05, 3.63) is 52.7 Å². The Morgan fingerprint density at radius 2 is 2.04 bits per heavy atom. The summed E-state index contributed by atoms with van der Waals surface area (Å²) in [4.78, 5) is 17.3. The third-order valence-electron chi connectivity index (χ3n) is 3.37. The van der Waals surface area contributed by atoms with Crippen LogP contribution < -0.4 is 10.1 Å². The quantitative estimate of drug-likeness (QED) is 0.744. The molecule has 0 aliphatic carbocycles. The summed E-state index contributed by atoms with van der Waals surface area (Å²) in [5, 5.41) is 6.80. The monoisotopic (exact) mass is 343 g/mol. The molecule has 0 aliphatic heterocycles. The summed E-state index contributed by atoms with van der Waals surface area (Å²) in [6.07, 6.45) is 0.595. The summed E-state index contributed by atoms with van der Waals surface area (Å²) in [7, 11) is 1.64. The van der Waals surface area contributed by atoms with Crippen LogP contribution in [0.5, 0.6) is 5.75 Å². The first-order chi connectivity index (χ1) is 11.6. The molecule has 3 rings (SSSR count). The Morgan fingerprint density at radius 3 is 2.75 bits per heavy atom. The minimum atomic E-state index is -0.0514. The lowest BCUT2D eigenvalue weighted by Gasteiger charge is -2.00. The fourth-order valence-corrected chi connectivity index (χ4v) is 3.02. The van der Waals surface area contributed by atoms with Gasteiger partial charge in [-0.05, 0) is 29.8 Å². The topological polar surface area (TPSA) is 77.3 Å². The smallest absolute Gasteiger partial charge is 0.268 e. The molecule has 0 atom stereocenters. The molecule has 2 aromatic heterocycles. The highest BCUT2D eigenvalue weighted by Crippen LogP contribution is 2.27. The Morgan fingerprint density at radius 1 is 1.25 bits per heavy atom. The largest absolute Gasteiger partial charge is 0.497 e. The average molecular weight is 343 g/mol. The SMILES string of the molecule is COc1ccc(Cc2noc(-c3ccc(CNC(C)=O)s3)n2)cc1. The molecule has 1 N–H and O–H groups in total. The molecule has 0 unspecified atom stereocenters. The van der Waals surface area contributed by atoms with Gasteiger partial charge in [0.25, 0.3) is 5.89 Å². The maximum atomic E-state index is 11.0. The number of carbonyl (C=O) groups excluding carboxylic acids is 1. The predicted molar refractivity (Wildman–Crippen MR) is 90.9 cm³/mol. The second-order valence-corrected chi connectivity index (χ2v) is 6.38. The fourth-order valence-electron chi connectivity index (χ4n) is 2.15. The molecule has 0 saturated heterocycles. The van der Waals surface area contributed by atoms with Crippen LogP contribution in [0.4, 0.5) is 0 Å². The van der Waals surface area contributed by atoms with Crippen LogP contribution in [0.2, 0.25) is 0 Å². The van der Waals surface area contributed by atoms with Gasteiger partial charge in [0.2, 0.25) is 5.91 Å². The fraction of sp³-hybridized carbons (Fsp3) is 0.235. The van der Waals surface area contributed by atoms with Crippen LogP contribution >= 0.6 is 11.3 Å². The number of ether oxygens (including phenoxy) is 1. The van der Waals surface area contributed by atoms with E-state index in [4.69, 9.17) is 9.26 Å². The van der Waals surface area contributed by atoms with E-state index in [-0.39, 0.29) is 5.91 Å². The van der Waals surface area contributed by atoms with E-state index in [1.807, 2.05) is 36.4 Å². The minimum Gasteiger partial charge on any atom is -0.497 e. The first-order valence-corrected chi connectivity index (χ1v) is 8.25. The van der Waals surface area contributed by atoms with Gasteiger partial charge < -0.3 is 14.6 Å². The molecule has 1 aromatic carbocycles. The van der Waals surface area contributed by atoms with Gasteiger partial charge in [-0.3, -0.25) is 4.79 Å². The molecule has 124 valence electrons. The molecule has 7 heteroatoms. The second-order valence-electron chi connectivity index (χ2n) is 5.22. The molecule has 1 amide bonds. The number of aromatic nitrogens is 2. The predicted octanol–water partition coefficient (Wildman–Crippen LogP) is 3.03. The van der Waals surface area contributed by atoms with Crippen LogP contribution in [0.1, 0.15) is 23.2 Å². The highest BCUT2D eigenvalue weighted by molar-refractivity contribution is 7.15. The molecule has 0 saturated carbocycles. The maximum absolute atomic E-state index is 11.0. The highest BCUT2D eigenvalue weighted by atomic mass is 32.1. The van der Waals surface area contributed by atoms with Crippen molar-refractivity contribution in [2.45, 2.75) is 19.9 Å². The van der Waals surface area contributed by atoms with Gasteiger partial charge in [-0.15, -0.1) is 11.3 Å². The number of carbonyl (C=O) groups is 1. The van der Waals surface area contributed by atoms with Crippen LogP contribution in [0, 0.1) is 0 Å². The number of benzene rings is 1. The van der Waals surface area contributed by atoms with Crippen LogP contribution in [-0.4, -0.2) is 23.2 Å². The third-order valence-corrected chi connectivity index (χ3v) is 4.45. The Balaban J connectivity index is 1.67. The van der Waals surface area contributed by atoms with E-state index in [9.17, 15) is 4.79 Å². The van der Waals surface area contributed by atoms with Gasteiger partial charge in [0, 0.05) is 18.2 Å². The van der Waals surface area contributed by atoms with Gasteiger partial charge in [-0.2, -0.15) is 4.98 Å². The van der Waals surface area contributed by atoms with E-state index >= 15 is 0 Å². The summed E-state index contributed by atoms with van der Waals surface area (Å²) in [5.74, 6) is 1.90. The number of rotatable bonds is 6. The van der Waals surface area contributed by atoms with Crippen molar-refractivity contribution in [3.63, 3.8) is 0 Å². The molecule has 2 heterocycles. The van der Waals surface area contributed by atoms with Crippen molar-refractivity contribution < 1.29 is 14.1 Å². The van der Waals surface area contributed by atoms with Crippen molar-refractivity contribution in [2.24, 2.45) is 0 Å². The maximum Gasteiger partial charge on any atom is 0.268 e. The molecule has 3 aromatic rings. The zero-order valence-corrected chi connectivity index (χ0v) is 14.2. The summed E-state index contributed by atoms with van der Waals surface area (Å²) in [5.41, 5.74) is 1.08. The first-order valence-electron chi connectivity index (χ1n) is 7.43. The third kappa shape index (κ3) is 3.99. The molecule has 0 spiro atoms. The van der Waals surface area contributed by atoms with E-state index in [2.05, 4.69) is 15.5 Å². The Bertz CT molecular complexity index is 824. The number of methoxy groups -OCH3 is 1. The molecule has 0 aliphatic rings. The van der Waals surface area contributed by atoms with Crippen LogP contribution in [0.15, 0.2) is 40.9 Å². The molecular formula is C17H17N3O3S. The molecule has 0 fully saturated rings. The Kier molecular flexibility index (Phi) is 4.90. The zero-order valence-electron chi connectivity index (χ0n) is 13.4. The standard InChI is InChI=1S/C17H17N3O3S/c1-11(21)18-10-14-7-8-15(24-14)17-19-16(20-23-17)9-12-3-5-13(22-2)6-4-12/h3-8H,9-10H2,1-2H3,(H,18,21). The summed E-state index contributed by atoms with van der Waals surface area (Å²) in [6, 6.07) is 11.6. The summed E-state index contributed by atoms with van der Waals surface area (Å²) >= 11 is 1.53. The van der Waals surface area contributed by atoms with E-state index in [1.165, 1.54) is 18.3 Å². The highest BCUT2D eigenvalue weighted by Gasteiger charge is 2.12. The van der Waals surface area contributed by atoms with Crippen LogP contribution in [0.3, 0.4) is 0 Å². The molecule has 24 heavy (non-hydrogen) atoms. The van der Waals surface area contributed by atoms with Gasteiger partial charge in [-0.1, -0.05) is 17.3 Å². The Labute approximate surface area is 143 Å². The van der Waals surface area contributed by atoms with Crippen molar-refractivity contribution in [1.82, 2.24) is 15.5 Å². The van der Waals surface area contributed by atoms with E-state index in [0.29, 0.717) is 24.7 Å². The molecule has 0 radical (unpaired) electrons. The van der Waals surface area contributed by atoms with E-state index in [1.54, 1.807) is 7.11 Å². The second kappa shape index (κ2) is 7.27.